The first-order valence-corrected chi connectivity index (χ1v) is 6.60. The van der Waals surface area contributed by atoms with Crippen molar-refractivity contribution in [2.24, 2.45) is 5.73 Å². The summed E-state index contributed by atoms with van der Waals surface area (Å²) in [6.45, 7) is 1.09. The van der Waals surface area contributed by atoms with Crippen LogP contribution in [0.3, 0.4) is 0 Å². The molecule has 1 aromatic rings. The summed E-state index contributed by atoms with van der Waals surface area (Å²) in [7, 11) is 1.56. The SMILES string of the molecule is COc1cc(COCC2(N)CCCC2)ccc1C#N. The fourth-order valence-electron chi connectivity index (χ4n) is 2.51. The van der Waals surface area contributed by atoms with Crippen LogP contribution in [0.25, 0.3) is 0 Å². The Morgan fingerprint density at radius 3 is 2.74 bits per heavy atom. The summed E-state index contributed by atoms with van der Waals surface area (Å²) in [5.41, 5.74) is 7.63. The van der Waals surface area contributed by atoms with Crippen LogP contribution in [0.1, 0.15) is 36.8 Å². The fraction of sp³-hybridized carbons (Fsp3) is 0.533. The molecule has 2 rings (SSSR count). The zero-order valence-electron chi connectivity index (χ0n) is 11.3. The van der Waals surface area contributed by atoms with Crippen LogP contribution in [-0.2, 0) is 11.3 Å². The molecule has 4 heteroatoms. The van der Waals surface area contributed by atoms with E-state index in [2.05, 4.69) is 6.07 Å². The molecule has 1 aliphatic rings. The normalized spacial score (nSPS) is 17.1. The van der Waals surface area contributed by atoms with E-state index in [-0.39, 0.29) is 5.54 Å². The summed E-state index contributed by atoms with van der Waals surface area (Å²) >= 11 is 0. The van der Waals surface area contributed by atoms with Gasteiger partial charge >= 0.3 is 0 Å². The first-order chi connectivity index (χ1) is 9.17. The molecule has 0 unspecified atom stereocenters. The van der Waals surface area contributed by atoms with Crippen molar-refractivity contribution >= 4 is 0 Å². The Labute approximate surface area is 114 Å². The second-order valence-electron chi connectivity index (χ2n) is 5.21. The number of rotatable bonds is 5. The van der Waals surface area contributed by atoms with Gasteiger partial charge in [0.1, 0.15) is 11.8 Å². The molecule has 1 saturated carbocycles. The summed E-state index contributed by atoms with van der Waals surface area (Å²) in [5, 5.41) is 8.92. The number of ether oxygens (including phenoxy) is 2. The molecular weight excluding hydrogens is 240 g/mol. The molecule has 0 atom stereocenters. The average molecular weight is 260 g/mol. The van der Waals surface area contributed by atoms with Crippen LogP contribution in [0.2, 0.25) is 0 Å². The molecule has 0 aromatic heterocycles. The second-order valence-corrected chi connectivity index (χ2v) is 5.21. The van der Waals surface area contributed by atoms with E-state index in [1.165, 1.54) is 12.8 Å². The van der Waals surface area contributed by atoms with Gasteiger partial charge in [-0.15, -0.1) is 0 Å². The van der Waals surface area contributed by atoms with Crippen LogP contribution in [-0.4, -0.2) is 19.3 Å². The molecule has 0 heterocycles. The molecule has 0 aliphatic heterocycles. The van der Waals surface area contributed by atoms with Gasteiger partial charge in [-0.25, -0.2) is 0 Å². The van der Waals surface area contributed by atoms with Crippen molar-refractivity contribution < 1.29 is 9.47 Å². The zero-order valence-corrected chi connectivity index (χ0v) is 11.3. The number of hydrogen-bond donors (Lipinski definition) is 1. The Morgan fingerprint density at radius 1 is 1.37 bits per heavy atom. The van der Waals surface area contributed by atoms with Gasteiger partial charge in [0.25, 0.3) is 0 Å². The molecule has 0 amide bonds. The maximum absolute atomic E-state index is 8.92. The van der Waals surface area contributed by atoms with E-state index in [0.29, 0.717) is 24.5 Å². The molecule has 1 fully saturated rings. The van der Waals surface area contributed by atoms with Crippen LogP contribution < -0.4 is 10.5 Å². The third-order valence-electron chi connectivity index (χ3n) is 3.64. The van der Waals surface area contributed by atoms with E-state index < -0.39 is 0 Å². The van der Waals surface area contributed by atoms with Crippen molar-refractivity contribution in [3.05, 3.63) is 29.3 Å². The minimum Gasteiger partial charge on any atom is -0.495 e. The summed E-state index contributed by atoms with van der Waals surface area (Å²) in [6.07, 6.45) is 4.49. The monoisotopic (exact) mass is 260 g/mol. The standard InChI is InChI=1S/C15H20N2O2/c1-18-14-8-12(4-5-13(14)9-16)10-19-11-15(17)6-2-3-7-15/h4-5,8H,2-3,6-7,10-11,17H2,1H3. The van der Waals surface area contributed by atoms with Gasteiger partial charge < -0.3 is 15.2 Å². The first kappa shape index (κ1) is 13.9. The van der Waals surface area contributed by atoms with Gasteiger partial charge in [-0.3, -0.25) is 0 Å². The van der Waals surface area contributed by atoms with E-state index in [1.807, 2.05) is 12.1 Å². The van der Waals surface area contributed by atoms with Gasteiger partial charge in [-0.1, -0.05) is 18.9 Å². The zero-order chi connectivity index (χ0) is 13.7. The van der Waals surface area contributed by atoms with Crippen LogP contribution in [0, 0.1) is 11.3 Å². The van der Waals surface area contributed by atoms with Gasteiger partial charge in [0.05, 0.1) is 25.9 Å². The lowest BCUT2D eigenvalue weighted by atomic mass is 10.0. The van der Waals surface area contributed by atoms with Gasteiger partial charge in [-0.2, -0.15) is 5.26 Å². The number of nitrogens with two attached hydrogens (primary N) is 1. The Morgan fingerprint density at radius 2 is 2.11 bits per heavy atom. The minimum absolute atomic E-state index is 0.142. The summed E-state index contributed by atoms with van der Waals surface area (Å²) in [4.78, 5) is 0. The lowest BCUT2D eigenvalue weighted by Gasteiger charge is -2.23. The van der Waals surface area contributed by atoms with Crippen LogP contribution in [0.4, 0.5) is 0 Å². The van der Waals surface area contributed by atoms with Gasteiger partial charge in [0.2, 0.25) is 0 Å². The Hall–Kier alpha value is -1.57. The number of methoxy groups -OCH3 is 1. The Bertz CT molecular complexity index is 474. The van der Waals surface area contributed by atoms with Crippen molar-refractivity contribution in [1.82, 2.24) is 0 Å². The summed E-state index contributed by atoms with van der Waals surface area (Å²) in [6, 6.07) is 7.58. The number of benzene rings is 1. The van der Waals surface area contributed by atoms with Crippen molar-refractivity contribution in [3.8, 4) is 11.8 Å². The summed E-state index contributed by atoms with van der Waals surface area (Å²) in [5.74, 6) is 0.590. The third kappa shape index (κ3) is 3.46. The van der Waals surface area contributed by atoms with Crippen LogP contribution in [0.5, 0.6) is 5.75 Å². The van der Waals surface area contributed by atoms with E-state index >= 15 is 0 Å². The van der Waals surface area contributed by atoms with E-state index in [4.69, 9.17) is 20.5 Å². The number of nitrogens with zero attached hydrogens (tertiary/aromatic N) is 1. The van der Waals surface area contributed by atoms with E-state index in [1.54, 1.807) is 13.2 Å². The van der Waals surface area contributed by atoms with E-state index in [0.717, 1.165) is 18.4 Å². The van der Waals surface area contributed by atoms with Crippen molar-refractivity contribution in [2.45, 2.75) is 37.8 Å². The maximum atomic E-state index is 8.92. The predicted molar refractivity (Wildman–Crippen MR) is 72.8 cm³/mol. The van der Waals surface area contributed by atoms with Crippen molar-refractivity contribution in [2.75, 3.05) is 13.7 Å². The highest BCUT2D eigenvalue weighted by Gasteiger charge is 2.29. The quantitative estimate of drug-likeness (QED) is 0.882. The minimum atomic E-state index is -0.142. The second kappa shape index (κ2) is 6.05. The lowest BCUT2D eigenvalue weighted by Crippen LogP contribution is -2.41. The number of nitriles is 1. The molecule has 1 aromatic carbocycles. The first-order valence-electron chi connectivity index (χ1n) is 6.60. The largest absolute Gasteiger partial charge is 0.495 e. The molecule has 4 nitrogen and oxygen atoms in total. The molecule has 0 radical (unpaired) electrons. The molecule has 0 bridgehead atoms. The molecule has 1 aliphatic carbocycles. The molecule has 0 spiro atoms. The third-order valence-corrected chi connectivity index (χ3v) is 3.64. The Balaban J connectivity index is 1.91. The molecule has 19 heavy (non-hydrogen) atoms. The van der Waals surface area contributed by atoms with Crippen molar-refractivity contribution in [3.63, 3.8) is 0 Å². The molecular formula is C15H20N2O2. The van der Waals surface area contributed by atoms with Gasteiger partial charge in [-0.05, 0) is 30.5 Å². The highest BCUT2D eigenvalue weighted by Crippen LogP contribution is 2.27. The topological polar surface area (TPSA) is 68.3 Å². The molecule has 2 N–H and O–H groups in total. The molecule has 102 valence electrons. The number of hydrogen-bond acceptors (Lipinski definition) is 4. The molecule has 0 saturated heterocycles. The van der Waals surface area contributed by atoms with Crippen LogP contribution in [0.15, 0.2) is 18.2 Å². The fourth-order valence-corrected chi connectivity index (χ4v) is 2.51. The predicted octanol–water partition coefficient (Wildman–Crippen LogP) is 2.35. The van der Waals surface area contributed by atoms with E-state index in [9.17, 15) is 0 Å². The van der Waals surface area contributed by atoms with Crippen LogP contribution >= 0.6 is 0 Å². The highest BCUT2D eigenvalue weighted by atomic mass is 16.5. The Kier molecular flexibility index (Phi) is 4.41. The van der Waals surface area contributed by atoms with Crippen molar-refractivity contribution in [1.29, 1.82) is 5.26 Å². The highest BCUT2D eigenvalue weighted by molar-refractivity contribution is 5.45. The maximum Gasteiger partial charge on any atom is 0.136 e. The average Bonchev–Trinajstić information content (AvgIpc) is 2.85. The summed E-state index contributed by atoms with van der Waals surface area (Å²) < 4.78 is 10.9. The van der Waals surface area contributed by atoms with Gasteiger partial charge in [0, 0.05) is 5.54 Å². The van der Waals surface area contributed by atoms with Gasteiger partial charge in [0.15, 0.2) is 0 Å². The smallest absolute Gasteiger partial charge is 0.136 e. The lowest BCUT2D eigenvalue weighted by molar-refractivity contribution is 0.0750.